The zero-order valence-electron chi connectivity index (χ0n) is 57.6. The highest BCUT2D eigenvalue weighted by molar-refractivity contribution is 7.86. The minimum atomic E-state index is -5.79. The number of hydrogen-bond donors (Lipinski definition) is 15. The van der Waals surface area contributed by atoms with Crippen molar-refractivity contribution in [3.63, 3.8) is 0 Å². The second kappa shape index (κ2) is 31.9. The van der Waals surface area contributed by atoms with Crippen molar-refractivity contribution in [2.45, 2.75) is 68.8 Å². The van der Waals surface area contributed by atoms with Gasteiger partial charge in [-0.1, -0.05) is 41.1 Å². The number of amides is 3. The van der Waals surface area contributed by atoms with E-state index in [-0.39, 0.29) is 115 Å². The summed E-state index contributed by atoms with van der Waals surface area (Å²) < 4.78 is 109. The van der Waals surface area contributed by atoms with Crippen molar-refractivity contribution in [3.8, 4) is 45.6 Å². The Bertz CT molecular complexity index is 6070. The Balaban J connectivity index is 0.689. The number of nitrogens with zero attached hydrogens (tertiary/aromatic N) is 1. The standard InChI is InChI=1S/C71H60Cl2N7O28P3S/c72-50-27-48(63(73)62(70(89)90)61(50)60-46-22-34-4-1-17-74-51(34)28-55(46)105-56-29-52-35(23-47(56)60)5-2-18-75-52)68(86)77-30-38-8-7-37(25-57(38)112(99,100)101)66(84)78-31-49-53(82)15-14-44-59(43-13-10-40(81)26-54(43)106-64(44)49)45-24-36(9-12-42(45)69(87)88)65(83)76-19-21-102-20-3-6-39-32-80(71(91)79-67(39)85)58-16-11-41(104-58)33-103-110(95,96)108-111(97,98)107-109(92,93)94/h7-10,12-15,22-29,32,41,58,74-75H,1-2,4-5,11,16-21,30-31,33H2,(H11-2,76,77,78,79,81,82,83,84,85,86,87,88,89,90,91,92,93,94,95,96,97,98,99,100,101)/p+2. The van der Waals surface area contributed by atoms with E-state index in [4.69, 9.17) is 51.3 Å². The zero-order valence-corrected chi connectivity index (χ0v) is 62.6. The number of phenols is 2. The number of aromatic amines is 1. The van der Waals surface area contributed by atoms with E-state index in [0.717, 1.165) is 90.2 Å². The number of phosphoric ester groups is 1. The predicted octanol–water partition coefficient (Wildman–Crippen LogP) is 9.99. The second-order valence-corrected chi connectivity index (χ2v) is 32.2. The smallest absolute Gasteiger partial charge is 0.490 e. The number of halogens is 2. The molecule has 0 aliphatic carbocycles. The number of aromatic carboxylic acids is 2. The Morgan fingerprint density at radius 3 is 2.01 bits per heavy atom. The molecule has 10 aromatic rings. The summed E-state index contributed by atoms with van der Waals surface area (Å²) in [6.45, 7) is -1.21. The molecule has 41 heteroatoms. The maximum atomic E-state index is 14.2. The van der Waals surface area contributed by atoms with E-state index in [0.29, 0.717) is 27.5 Å². The van der Waals surface area contributed by atoms with Gasteiger partial charge >= 0.3 is 63.4 Å². The van der Waals surface area contributed by atoms with E-state index in [1.54, 1.807) is 0 Å². The molecule has 1 fully saturated rings. The van der Waals surface area contributed by atoms with Crippen molar-refractivity contribution in [1.29, 1.82) is 0 Å². The molecule has 0 radical (unpaired) electrons. The van der Waals surface area contributed by atoms with E-state index >= 15 is 0 Å². The van der Waals surface area contributed by atoms with Gasteiger partial charge in [0.05, 0.1) is 97.2 Å². The second-order valence-electron chi connectivity index (χ2n) is 25.6. The van der Waals surface area contributed by atoms with Crippen molar-refractivity contribution >= 4 is 142 Å². The number of hydrogen-bond acceptors (Lipinski definition) is 21. The fourth-order valence-electron chi connectivity index (χ4n) is 13.4. The van der Waals surface area contributed by atoms with Gasteiger partial charge in [0.1, 0.15) is 35.5 Å². The summed E-state index contributed by atoms with van der Waals surface area (Å²) in [5.74, 6) is -1.34. The number of ether oxygens (including phenoxy) is 2. The van der Waals surface area contributed by atoms with Crippen LogP contribution < -0.4 is 37.8 Å². The molecule has 4 atom stereocenters. The van der Waals surface area contributed by atoms with Crippen LogP contribution in [0, 0.1) is 11.8 Å². The normalized spacial score (nSPS) is 15.9. The topological polar surface area (TPSA) is 537 Å². The molecule has 4 unspecified atom stereocenters. The van der Waals surface area contributed by atoms with Crippen molar-refractivity contribution in [2.75, 3.05) is 50.1 Å². The molecular weight excluding hydrogens is 1590 g/mol. The minimum Gasteiger partial charge on any atom is -0.508 e. The number of carboxylic acid groups (broad SMARTS) is 2. The average Bonchev–Trinajstić information content (AvgIpc) is 0.865. The molecule has 7 aromatic carbocycles. The molecular formula is C71H62Cl2N7O28P3S+2. The van der Waals surface area contributed by atoms with E-state index in [2.05, 4.69) is 56.6 Å². The van der Waals surface area contributed by atoms with Gasteiger partial charge in [-0.15, -0.1) is 0 Å². The number of aromatic nitrogens is 2. The number of H-pyrrole nitrogens is 1. The molecule has 112 heavy (non-hydrogen) atoms. The van der Waals surface area contributed by atoms with E-state index in [1.807, 2.05) is 24.3 Å². The third-order valence-corrected chi connectivity index (χ3v) is 23.7. The van der Waals surface area contributed by atoms with Crippen LogP contribution in [-0.4, -0.2) is 138 Å². The van der Waals surface area contributed by atoms with Crippen LogP contribution >= 0.6 is 46.7 Å². The van der Waals surface area contributed by atoms with Crippen LogP contribution in [0.15, 0.2) is 127 Å². The minimum absolute atomic E-state index is 0.00854. The first kappa shape index (κ1) is 79.6. The summed E-state index contributed by atoms with van der Waals surface area (Å²) in [5, 5.41) is 58.9. The molecule has 3 aliphatic heterocycles. The van der Waals surface area contributed by atoms with Gasteiger partial charge in [0.2, 0.25) is 0 Å². The van der Waals surface area contributed by atoms with Gasteiger partial charge in [-0.2, -0.15) is 17.0 Å². The van der Waals surface area contributed by atoms with Gasteiger partial charge < -0.3 is 76.1 Å². The first-order chi connectivity index (χ1) is 53.1. The van der Waals surface area contributed by atoms with E-state index in [1.165, 1.54) is 54.6 Å². The quantitative estimate of drug-likeness (QED) is 0.00667. The lowest BCUT2D eigenvalue weighted by Gasteiger charge is -2.20. The lowest BCUT2D eigenvalue weighted by molar-refractivity contribution is -0.0243. The van der Waals surface area contributed by atoms with Crippen LogP contribution in [0.2, 0.25) is 10.0 Å². The monoisotopic (exact) mass is 1660 g/mol. The van der Waals surface area contributed by atoms with Crippen LogP contribution in [0.5, 0.6) is 11.5 Å². The van der Waals surface area contributed by atoms with Crippen LogP contribution in [0.4, 0.5) is 11.4 Å². The number of aryl methyl sites for hydroxylation is 2. The highest BCUT2D eigenvalue weighted by Gasteiger charge is 2.42. The van der Waals surface area contributed by atoms with Gasteiger partial charge in [-0.25, -0.2) is 36.9 Å². The largest absolute Gasteiger partial charge is 0.508 e. The van der Waals surface area contributed by atoms with Crippen molar-refractivity contribution in [1.82, 2.24) is 25.5 Å². The van der Waals surface area contributed by atoms with Crippen LogP contribution in [-0.2, 0) is 72.4 Å². The molecule has 582 valence electrons. The lowest BCUT2D eigenvalue weighted by atomic mass is 9.89. The summed E-state index contributed by atoms with van der Waals surface area (Å²) >= 11 is 14.1. The number of anilines is 2. The summed E-state index contributed by atoms with van der Waals surface area (Å²) in [7, 11) is -22.1. The first-order valence-electron chi connectivity index (χ1n) is 33.6. The number of rotatable bonds is 24. The molecule has 3 aromatic heterocycles. The molecule has 35 nitrogen and oxygen atoms in total. The van der Waals surface area contributed by atoms with Gasteiger partial charge in [-0.05, 0) is 134 Å². The highest BCUT2D eigenvalue weighted by atomic mass is 35.5. The molecule has 1 saturated heterocycles. The highest BCUT2D eigenvalue weighted by Crippen LogP contribution is 2.66. The Kier molecular flexibility index (Phi) is 22.7. The molecule has 3 aliphatic rings. The number of fused-ring (bicyclic) bond motifs is 6. The van der Waals surface area contributed by atoms with Gasteiger partial charge in [0, 0.05) is 71.6 Å². The Morgan fingerprint density at radius 2 is 1.34 bits per heavy atom. The van der Waals surface area contributed by atoms with Crippen molar-refractivity contribution < 1.29 is 122 Å². The third-order valence-electron chi connectivity index (χ3n) is 18.3. The molecule has 6 heterocycles. The Morgan fingerprint density at radius 1 is 0.688 bits per heavy atom. The number of phosphoric acid groups is 3. The number of phenolic OH excluding ortho intramolecular Hbond substituents is 2. The van der Waals surface area contributed by atoms with Gasteiger partial charge in [-0.3, -0.25) is 37.8 Å². The SMILES string of the molecule is O=C(NCCOCC#Cc1cn(C2CCC(COP(=O)(O)OP(=O)(O)OP(=O)(O)O)O2)c(=O)[nH]c1=O)c1ccc(C(=O)O)c(-c2c3ccc(O)cc3[o+]c3c(CNC(=O)c4ccc(CNC(=O)c5cc(Cl)c(-c6c7cc8c(cc7[o+]c7cc9c(cc67)CCCN9)NCCC8)c(C(=O)O)c5Cl)c(S(=O)(=O)O)c4)c(O)ccc23)c1. The predicted molar refractivity (Wildman–Crippen MR) is 401 cm³/mol. The van der Waals surface area contributed by atoms with Crippen LogP contribution in [0.1, 0.15) is 112 Å². The Labute approximate surface area is 640 Å². The first-order valence-corrected chi connectivity index (χ1v) is 40.4. The fraction of sp³-hybridized carbons (Fsp3) is 0.225. The van der Waals surface area contributed by atoms with Crippen LogP contribution in [0.3, 0.4) is 0 Å². The third kappa shape index (κ3) is 17.3. The zero-order chi connectivity index (χ0) is 80.0. The van der Waals surface area contributed by atoms with E-state index < -0.39 is 133 Å². The fourth-order valence-corrected chi connectivity index (χ4v) is 17.8. The number of benzene rings is 7. The number of aromatic hydroxyl groups is 2. The Hall–Kier alpha value is -10.5. The van der Waals surface area contributed by atoms with Gasteiger partial charge in [0.25, 0.3) is 33.4 Å². The molecule has 15 N–H and O–H groups in total. The number of carbonyl (C=O) groups excluding carboxylic acids is 3. The number of carbonyl (C=O) groups is 5. The van der Waals surface area contributed by atoms with Crippen molar-refractivity contribution in [2.24, 2.45) is 0 Å². The number of nitrogens with one attached hydrogen (secondary N) is 6. The summed E-state index contributed by atoms with van der Waals surface area (Å²) in [4.78, 5) is 132. The summed E-state index contributed by atoms with van der Waals surface area (Å²) in [5.41, 5.74) is 0.560. The summed E-state index contributed by atoms with van der Waals surface area (Å²) in [6, 6.07) is 22.0. The average molecular weight is 1660 g/mol. The molecule has 3 amide bonds. The maximum absolute atomic E-state index is 14.2. The maximum Gasteiger partial charge on any atom is 0.490 e. The molecule has 0 saturated carbocycles. The molecule has 13 rings (SSSR count). The number of carboxylic acids is 2. The lowest BCUT2D eigenvalue weighted by Crippen LogP contribution is -2.33. The van der Waals surface area contributed by atoms with Gasteiger partial charge in [0.15, 0.2) is 0 Å². The van der Waals surface area contributed by atoms with E-state index in [9.17, 15) is 90.4 Å². The van der Waals surface area contributed by atoms with Crippen LogP contribution in [0.25, 0.3) is 66.1 Å². The summed E-state index contributed by atoms with van der Waals surface area (Å²) in [6.07, 6.45) is 2.14. The molecule has 0 bridgehead atoms. The van der Waals surface area contributed by atoms with Crippen molar-refractivity contribution in [3.05, 3.63) is 190 Å². The molecule has 0 spiro atoms.